The van der Waals surface area contributed by atoms with Crippen molar-refractivity contribution in [3.05, 3.63) is 54.7 Å². The largest absolute Gasteiger partial charge is 1.00 e. The van der Waals surface area contributed by atoms with Crippen LogP contribution in [0, 0.1) is 6.92 Å². The standard InChI is InChI=1S/C13H10BrS.C5H5.2ClH.Zr/c1-7-3-9-5-12-11(6-13(14)15-12)8(2)10(9)4-7;1-2-4-5-3-1;;;/h3-5,13H,1-2H3;1-3H,4H2;2*1H;/q;;;;+2/p-2. The summed E-state index contributed by atoms with van der Waals surface area (Å²) in [5.74, 6) is 0. The van der Waals surface area contributed by atoms with E-state index in [4.69, 9.17) is 0 Å². The van der Waals surface area contributed by atoms with E-state index in [0.717, 1.165) is 0 Å². The van der Waals surface area contributed by atoms with E-state index in [2.05, 4.69) is 66.2 Å². The Kier molecular flexibility index (Phi) is 6.70. The van der Waals surface area contributed by atoms with Gasteiger partial charge in [0.1, 0.15) is 0 Å². The zero-order chi connectivity index (χ0) is 14.6. The van der Waals surface area contributed by atoms with Crippen LogP contribution in [0.5, 0.6) is 0 Å². The summed E-state index contributed by atoms with van der Waals surface area (Å²) < 4.78 is 3.91. The average molecular weight is 505 g/mol. The van der Waals surface area contributed by atoms with Gasteiger partial charge in [0.25, 0.3) is 0 Å². The smallest absolute Gasteiger partial charge is 1.00 e. The summed E-state index contributed by atoms with van der Waals surface area (Å²) in [4.78, 5) is 1.48. The first-order valence-electron chi connectivity index (χ1n) is 7.15. The molecule has 1 atom stereocenters. The van der Waals surface area contributed by atoms with Crippen LogP contribution >= 0.6 is 27.7 Å². The van der Waals surface area contributed by atoms with E-state index in [1.54, 1.807) is 11.8 Å². The fourth-order valence-corrected chi connectivity index (χ4v) is 9.96. The number of allylic oxidation sites excluding steroid dienone is 5. The molecule has 0 amide bonds. The molecule has 118 valence electrons. The molecule has 5 heteroatoms. The van der Waals surface area contributed by atoms with Gasteiger partial charge in [0.2, 0.25) is 0 Å². The van der Waals surface area contributed by atoms with E-state index in [1.807, 2.05) is 11.8 Å². The molecule has 4 rings (SSSR count). The van der Waals surface area contributed by atoms with E-state index in [0.29, 0.717) is 4.16 Å². The van der Waals surface area contributed by atoms with Crippen molar-refractivity contribution in [1.82, 2.24) is 0 Å². The number of rotatable bonds is 2. The fraction of sp³-hybridized carbons (Fsp3) is 0.222. The first kappa shape index (κ1) is 19.8. The monoisotopic (exact) mass is 502 g/mol. The number of benzene rings is 1. The summed E-state index contributed by atoms with van der Waals surface area (Å²) in [6.07, 6.45) is 12.7. The third-order valence-corrected chi connectivity index (χ3v) is 11.4. The van der Waals surface area contributed by atoms with E-state index in [9.17, 15) is 0 Å². The van der Waals surface area contributed by atoms with Gasteiger partial charge < -0.3 is 24.8 Å². The first-order chi connectivity index (χ1) is 10.1. The summed E-state index contributed by atoms with van der Waals surface area (Å²) in [6.45, 7) is 4.51. The van der Waals surface area contributed by atoms with Crippen molar-refractivity contribution in [3.63, 3.8) is 0 Å². The number of thioether (sulfide) groups is 1. The third kappa shape index (κ3) is 3.56. The Balaban J connectivity index is 0.000000960. The topological polar surface area (TPSA) is 0 Å². The predicted octanol–water partition coefficient (Wildman–Crippen LogP) is -1.94. The van der Waals surface area contributed by atoms with Crippen molar-refractivity contribution in [2.45, 2.75) is 29.3 Å². The summed E-state index contributed by atoms with van der Waals surface area (Å²) >= 11 is 5.28. The maximum Gasteiger partial charge on any atom is -1.00 e. The maximum absolute atomic E-state index is 3.92. The van der Waals surface area contributed by atoms with Crippen LogP contribution < -0.4 is 35.3 Å². The Bertz CT molecular complexity index is 868. The molecule has 0 N–H and O–H groups in total. The molecular formula is C18H15BrCl2SZr. The van der Waals surface area contributed by atoms with Gasteiger partial charge in [-0.3, -0.25) is 0 Å². The molecule has 1 unspecified atom stereocenters. The molecule has 0 spiro atoms. The van der Waals surface area contributed by atoms with Crippen LogP contribution in [0.3, 0.4) is 0 Å². The Morgan fingerprint density at radius 1 is 1.22 bits per heavy atom. The van der Waals surface area contributed by atoms with Crippen molar-refractivity contribution in [3.8, 4) is 0 Å². The first-order valence-corrected chi connectivity index (χ1v) is 11.4. The van der Waals surface area contributed by atoms with Crippen molar-refractivity contribution < 1.29 is 48.0 Å². The molecule has 0 saturated carbocycles. The molecule has 23 heavy (non-hydrogen) atoms. The Morgan fingerprint density at radius 2 is 2.00 bits per heavy atom. The summed E-state index contributed by atoms with van der Waals surface area (Å²) in [6, 6.07) is 2.40. The number of fused-ring (bicyclic) bond motifs is 2. The van der Waals surface area contributed by atoms with Gasteiger partial charge >= 0.3 is 150 Å². The summed E-state index contributed by atoms with van der Waals surface area (Å²) in [5.41, 5.74) is 4.32. The van der Waals surface area contributed by atoms with Gasteiger partial charge in [0.05, 0.1) is 0 Å². The minimum atomic E-state index is -0.643. The van der Waals surface area contributed by atoms with Crippen LogP contribution in [0.15, 0.2) is 38.0 Å². The van der Waals surface area contributed by atoms with Crippen LogP contribution in [-0.2, 0) is 23.2 Å². The predicted molar refractivity (Wildman–Crippen MR) is 92.4 cm³/mol. The second kappa shape index (κ2) is 7.79. The zero-order valence-electron chi connectivity index (χ0n) is 12.8. The second-order valence-electron chi connectivity index (χ2n) is 5.71. The van der Waals surface area contributed by atoms with Crippen LogP contribution in [0.1, 0.15) is 24.5 Å². The zero-order valence-corrected chi connectivity index (χ0v) is 19.2. The van der Waals surface area contributed by atoms with Gasteiger partial charge in [-0.05, 0) is 0 Å². The number of halogens is 3. The maximum atomic E-state index is 3.92. The number of alkyl halides is 1. The molecule has 0 nitrogen and oxygen atoms in total. The van der Waals surface area contributed by atoms with Crippen LogP contribution in [-0.4, -0.2) is 4.16 Å². The van der Waals surface area contributed by atoms with E-state index in [1.165, 1.54) is 33.2 Å². The van der Waals surface area contributed by atoms with Gasteiger partial charge in [-0.2, -0.15) is 0 Å². The molecule has 1 aromatic carbocycles. The second-order valence-corrected chi connectivity index (χ2v) is 11.9. The van der Waals surface area contributed by atoms with Crippen LogP contribution in [0.2, 0.25) is 0 Å². The quantitative estimate of drug-likeness (QED) is 0.422. The third-order valence-electron chi connectivity index (χ3n) is 4.17. The molecule has 1 aliphatic heterocycles. The van der Waals surface area contributed by atoms with Crippen molar-refractivity contribution in [1.29, 1.82) is 0 Å². The average Bonchev–Trinajstić information content (AvgIpc) is 3.11. The van der Waals surface area contributed by atoms with E-state index in [-0.39, 0.29) is 24.8 Å². The molecule has 0 bridgehead atoms. The minimum Gasteiger partial charge on any atom is -1.00 e. The summed E-state index contributed by atoms with van der Waals surface area (Å²) in [7, 11) is 0. The van der Waals surface area contributed by atoms with Crippen molar-refractivity contribution in [2.75, 3.05) is 0 Å². The molecule has 0 fully saturated rings. The van der Waals surface area contributed by atoms with Gasteiger partial charge in [-0.1, -0.05) is 0 Å². The van der Waals surface area contributed by atoms with E-state index >= 15 is 0 Å². The number of hydrogen-bond acceptors (Lipinski definition) is 1. The minimum absolute atomic E-state index is 0. The molecule has 0 saturated heterocycles. The van der Waals surface area contributed by atoms with Gasteiger partial charge in [-0.15, -0.1) is 0 Å². The molecule has 1 aromatic rings. The van der Waals surface area contributed by atoms with Crippen LogP contribution in [0.25, 0.3) is 15.4 Å². The normalized spacial score (nSPS) is 19.8. The van der Waals surface area contributed by atoms with Crippen molar-refractivity contribution >= 4 is 43.1 Å². The molecule has 2 aliphatic carbocycles. The molecule has 3 aliphatic rings. The molecule has 0 radical (unpaired) electrons. The Labute approximate surface area is 173 Å². The van der Waals surface area contributed by atoms with Crippen LogP contribution in [0.4, 0.5) is 0 Å². The Hall–Kier alpha value is 0.473. The van der Waals surface area contributed by atoms with Crippen molar-refractivity contribution in [2.24, 2.45) is 0 Å². The SMILES string of the molecule is CC1=Cc2c(C)c3c(cc2=C1)SC(Br)[C]=3[Zr+2][C]1=CC=CC1.[Cl-].[Cl-]. The van der Waals surface area contributed by atoms with Gasteiger partial charge in [0, 0.05) is 0 Å². The van der Waals surface area contributed by atoms with Gasteiger partial charge in [0.15, 0.2) is 0 Å². The molecule has 1 heterocycles. The Morgan fingerprint density at radius 3 is 2.70 bits per heavy atom. The molecular weight excluding hydrogens is 490 g/mol. The van der Waals surface area contributed by atoms with Gasteiger partial charge in [-0.25, -0.2) is 0 Å². The molecule has 0 aromatic heterocycles. The van der Waals surface area contributed by atoms with E-state index < -0.39 is 23.2 Å². The fourth-order valence-electron chi connectivity index (χ4n) is 3.20. The summed E-state index contributed by atoms with van der Waals surface area (Å²) in [5, 5.41) is 2.98. The number of hydrogen-bond donors (Lipinski definition) is 0.